The van der Waals surface area contributed by atoms with Crippen molar-refractivity contribution in [2.75, 3.05) is 27.3 Å². The first-order valence-corrected chi connectivity index (χ1v) is 22.3. The van der Waals surface area contributed by atoms with Crippen molar-refractivity contribution in [3.63, 3.8) is 0 Å². The highest BCUT2D eigenvalue weighted by molar-refractivity contribution is 5.93. The van der Waals surface area contributed by atoms with Crippen LogP contribution in [0.15, 0.2) is 71.4 Å². The van der Waals surface area contributed by atoms with E-state index in [2.05, 4.69) is 55.5 Å². The van der Waals surface area contributed by atoms with Crippen molar-refractivity contribution in [2.45, 2.75) is 90.7 Å². The normalized spacial score (nSPS) is 18.9. The zero-order valence-electron chi connectivity index (χ0n) is 37.6. The fourth-order valence-corrected chi connectivity index (χ4v) is 9.50. The van der Waals surface area contributed by atoms with Gasteiger partial charge < -0.3 is 49.0 Å². The molecule has 4 amide bonds. The Kier molecular flexibility index (Phi) is 11.6. The molecule has 4 N–H and O–H groups in total. The molecule has 7 heterocycles. The third kappa shape index (κ3) is 8.08. The maximum absolute atomic E-state index is 13.8. The number of aromatic amines is 2. The Morgan fingerprint density at radius 1 is 0.738 bits per heavy atom. The van der Waals surface area contributed by atoms with Crippen molar-refractivity contribution < 1.29 is 37.8 Å². The van der Waals surface area contributed by atoms with E-state index in [1.807, 2.05) is 70.0 Å². The number of likely N-dealkylation sites (tertiary alicyclic amines) is 2. The Labute approximate surface area is 376 Å². The first kappa shape index (κ1) is 43.2. The molecule has 4 aromatic heterocycles. The van der Waals surface area contributed by atoms with Gasteiger partial charge in [0.25, 0.3) is 0 Å². The molecule has 0 saturated carbocycles. The van der Waals surface area contributed by atoms with Gasteiger partial charge >= 0.3 is 12.2 Å². The topological polar surface area (TPSA) is 202 Å². The summed E-state index contributed by atoms with van der Waals surface area (Å²) in [5, 5.41) is 6.41. The Balaban J connectivity index is 1.00. The van der Waals surface area contributed by atoms with Crippen molar-refractivity contribution in [1.29, 1.82) is 0 Å². The second kappa shape index (κ2) is 17.5. The van der Waals surface area contributed by atoms with E-state index in [9.17, 15) is 19.2 Å². The SMILES string of the molecule is COC(=O)N[C@H](C(=O)N1CCC[C@H]1c1ncc(-c2ccc3c(c2)OC(c2ccc(C)o2)n2c-3cc3cc(-c4cnc([C@@H]5CCCN5C(=O)[C@@H](NC(=O)OC)C(C)C)[nH]4)ccc32)[nH]1)C(C)C. The molecule has 0 radical (unpaired) electrons. The number of carbonyl (C=O) groups excluding carboxylic acids is 4. The van der Waals surface area contributed by atoms with Crippen LogP contribution in [0.1, 0.15) is 94.9 Å². The van der Waals surface area contributed by atoms with Crippen LogP contribution in [0.3, 0.4) is 0 Å². The van der Waals surface area contributed by atoms with Gasteiger partial charge in [-0.3, -0.25) is 14.2 Å². The van der Waals surface area contributed by atoms with Gasteiger partial charge in [0, 0.05) is 35.2 Å². The summed E-state index contributed by atoms with van der Waals surface area (Å²) >= 11 is 0. The molecule has 65 heavy (non-hydrogen) atoms. The van der Waals surface area contributed by atoms with Crippen LogP contribution in [-0.2, 0) is 19.1 Å². The van der Waals surface area contributed by atoms with Crippen LogP contribution in [-0.4, -0.2) is 97.7 Å². The average Bonchev–Trinajstić information content (AvgIpc) is 4.16. The van der Waals surface area contributed by atoms with Gasteiger partial charge in [0.15, 0.2) is 5.76 Å². The maximum Gasteiger partial charge on any atom is 0.407 e. The van der Waals surface area contributed by atoms with Crippen LogP contribution in [0.5, 0.6) is 5.75 Å². The summed E-state index contributed by atoms with van der Waals surface area (Å²) < 4.78 is 24.8. The van der Waals surface area contributed by atoms with Crippen molar-refractivity contribution >= 4 is 34.9 Å². The average molecular weight is 886 g/mol. The number of aromatic nitrogens is 5. The minimum atomic E-state index is -0.726. The summed E-state index contributed by atoms with van der Waals surface area (Å²) in [5.41, 5.74) is 6.22. The summed E-state index contributed by atoms with van der Waals surface area (Å²) in [6, 6.07) is 16.4. The van der Waals surface area contributed by atoms with Gasteiger partial charge in [0.1, 0.15) is 35.2 Å². The van der Waals surface area contributed by atoms with Crippen LogP contribution in [0.2, 0.25) is 0 Å². The van der Waals surface area contributed by atoms with Gasteiger partial charge in [0.05, 0.1) is 61.3 Å². The van der Waals surface area contributed by atoms with Crippen LogP contribution in [0.4, 0.5) is 9.59 Å². The van der Waals surface area contributed by atoms with E-state index in [1.54, 1.807) is 11.1 Å². The van der Waals surface area contributed by atoms with Crippen LogP contribution < -0.4 is 15.4 Å². The molecule has 2 aromatic carbocycles. The van der Waals surface area contributed by atoms with Gasteiger partial charge in [-0.25, -0.2) is 19.6 Å². The molecule has 2 saturated heterocycles. The first-order chi connectivity index (χ1) is 31.3. The number of benzene rings is 2. The highest BCUT2D eigenvalue weighted by Crippen LogP contribution is 2.46. The van der Waals surface area contributed by atoms with Crippen molar-refractivity contribution in [3.05, 3.63) is 90.2 Å². The number of hydrogen-bond acceptors (Lipinski definition) is 10. The molecule has 2 fully saturated rings. The molecule has 5 atom stereocenters. The Bertz CT molecular complexity index is 2760. The molecule has 9 rings (SSSR count). The number of rotatable bonds is 11. The monoisotopic (exact) mass is 885 g/mol. The molecule has 3 aliphatic heterocycles. The summed E-state index contributed by atoms with van der Waals surface area (Å²) in [6.45, 7) is 10.6. The zero-order valence-corrected chi connectivity index (χ0v) is 37.6. The minimum absolute atomic E-state index is 0.132. The van der Waals surface area contributed by atoms with E-state index < -0.39 is 30.5 Å². The number of hydrogen-bond donors (Lipinski definition) is 4. The van der Waals surface area contributed by atoms with E-state index in [-0.39, 0.29) is 35.7 Å². The quantitative estimate of drug-likeness (QED) is 0.0987. The lowest BCUT2D eigenvalue weighted by Crippen LogP contribution is -2.51. The van der Waals surface area contributed by atoms with Crippen LogP contribution >= 0.6 is 0 Å². The molecule has 17 nitrogen and oxygen atoms in total. The molecule has 0 aliphatic carbocycles. The van der Waals surface area contributed by atoms with Crippen molar-refractivity contribution in [1.82, 2.24) is 44.9 Å². The molecule has 340 valence electrons. The van der Waals surface area contributed by atoms with Crippen LogP contribution in [0, 0.1) is 18.8 Å². The first-order valence-electron chi connectivity index (χ1n) is 22.3. The lowest BCUT2D eigenvalue weighted by atomic mass is 10.0. The Morgan fingerprint density at radius 3 is 1.82 bits per heavy atom. The van der Waals surface area contributed by atoms with E-state index in [0.29, 0.717) is 36.2 Å². The fraction of sp³-hybridized carbons (Fsp3) is 0.417. The second-order valence-electron chi connectivity index (χ2n) is 17.8. The molecule has 0 bridgehead atoms. The Morgan fingerprint density at radius 2 is 1.29 bits per heavy atom. The van der Waals surface area contributed by atoms with Gasteiger partial charge in [-0.15, -0.1) is 0 Å². The number of aryl methyl sites for hydroxylation is 1. The third-order valence-electron chi connectivity index (χ3n) is 12.9. The smallest absolute Gasteiger partial charge is 0.407 e. The lowest BCUT2D eigenvalue weighted by Gasteiger charge is -2.30. The fourth-order valence-electron chi connectivity index (χ4n) is 9.50. The Hall–Kier alpha value is -7.04. The summed E-state index contributed by atoms with van der Waals surface area (Å²) in [5.74, 6) is 2.88. The number of furan rings is 1. The predicted octanol–water partition coefficient (Wildman–Crippen LogP) is 8.02. The second-order valence-corrected chi connectivity index (χ2v) is 17.8. The molecule has 1 unspecified atom stereocenters. The summed E-state index contributed by atoms with van der Waals surface area (Å²) in [4.78, 5) is 71.9. The molecule has 3 aliphatic rings. The van der Waals surface area contributed by atoms with E-state index in [4.69, 9.17) is 28.6 Å². The number of nitrogens with one attached hydrogen (secondary N) is 4. The van der Waals surface area contributed by atoms with Gasteiger partial charge in [-0.2, -0.15) is 0 Å². The number of H-pyrrole nitrogens is 2. The molecule has 17 heteroatoms. The van der Waals surface area contributed by atoms with E-state index in [1.165, 1.54) is 14.2 Å². The van der Waals surface area contributed by atoms with E-state index in [0.717, 1.165) is 76.1 Å². The van der Waals surface area contributed by atoms with Gasteiger partial charge in [-0.05, 0) is 86.9 Å². The van der Waals surface area contributed by atoms with E-state index >= 15 is 0 Å². The van der Waals surface area contributed by atoms with Crippen molar-refractivity contribution in [2.24, 2.45) is 11.8 Å². The molecule has 0 spiro atoms. The maximum atomic E-state index is 13.8. The van der Waals surface area contributed by atoms with Crippen molar-refractivity contribution in [3.8, 4) is 39.5 Å². The number of ether oxygens (including phenoxy) is 3. The molecule has 6 aromatic rings. The van der Waals surface area contributed by atoms with Gasteiger partial charge in [-0.1, -0.05) is 39.8 Å². The number of amides is 4. The number of fused-ring (bicyclic) bond motifs is 5. The third-order valence-corrected chi connectivity index (χ3v) is 12.9. The molecular formula is C48H55N9O8. The molecular weight excluding hydrogens is 831 g/mol. The summed E-state index contributed by atoms with van der Waals surface area (Å²) in [6.07, 6.45) is 4.84. The largest absolute Gasteiger partial charge is 0.462 e. The highest BCUT2D eigenvalue weighted by atomic mass is 16.5. The number of nitrogens with zero attached hydrogens (tertiary/aromatic N) is 5. The standard InChI is InChI=1S/C48H55N9O8/c1-25(2)40(53-47(60)62-6)44(58)55-18-8-10-35(55)42-49-23-32(51-42)28-14-16-34-30(20-28)21-37-31-15-13-29(22-39(31)65-46(57(34)37)38-17-12-27(5)64-38)33-24-50-43(52-33)36-11-9-19-56(36)45(59)41(26(3)4)54-48(61)63-7/h12-17,20-26,35-36,40-41,46H,8-11,18-19H2,1-7H3,(H,49,51)(H,50,52)(H,53,60)(H,54,61)/t35-,36-,40-,41-,46?/m0/s1. The predicted molar refractivity (Wildman–Crippen MR) is 240 cm³/mol. The highest BCUT2D eigenvalue weighted by Gasteiger charge is 2.39. The number of imidazole rings is 2. The van der Waals surface area contributed by atoms with Gasteiger partial charge in [0.2, 0.25) is 18.0 Å². The number of carbonyl (C=O) groups is 4. The summed E-state index contributed by atoms with van der Waals surface area (Å²) in [7, 11) is 2.57. The number of alkyl carbamates (subject to hydrolysis) is 2. The zero-order chi connectivity index (χ0) is 45.7. The van der Waals surface area contributed by atoms with Crippen LogP contribution in [0.25, 0.3) is 44.7 Å². The minimum Gasteiger partial charge on any atom is -0.462 e. The lowest BCUT2D eigenvalue weighted by molar-refractivity contribution is -0.136. The number of methoxy groups -OCH3 is 2.